The van der Waals surface area contributed by atoms with Gasteiger partial charge in [-0.05, 0) is 25.1 Å². The van der Waals surface area contributed by atoms with Gasteiger partial charge in [0.05, 0.1) is 23.5 Å². The summed E-state index contributed by atoms with van der Waals surface area (Å²) in [6, 6.07) is 5.17. The Labute approximate surface area is 114 Å². The van der Waals surface area contributed by atoms with E-state index in [4.69, 9.17) is 15.2 Å². The smallest absolute Gasteiger partial charge is 0.338 e. The monoisotopic (exact) mass is 266 g/mol. The van der Waals surface area contributed by atoms with E-state index in [1.165, 1.54) is 0 Å². The normalized spacial score (nSPS) is 10.3. The van der Waals surface area contributed by atoms with Crippen LogP contribution in [-0.4, -0.2) is 39.9 Å². The van der Waals surface area contributed by atoms with E-state index in [-0.39, 0.29) is 5.97 Å². The first-order chi connectivity index (χ1) is 9.06. The van der Waals surface area contributed by atoms with Gasteiger partial charge < -0.3 is 20.1 Å². The van der Waals surface area contributed by atoms with Crippen LogP contribution in [0.15, 0.2) is 18.2 Å². The fraction of sp³-hybridized carbons (Fsp3) is 0.500. The van der Waals surface area contributed by atoms with Crippen LogP contribution in [0.4, 0.5) is 11.4 Å². The number of ether oxygens (including phenoxy) is 2. The highest BCUT2D eigenvalue weighted by atomic mass is 16.5. The topological polar surface area (TPSA) is 64.8 Å². The minimum Gasteiger partial charge on any atom is -0.462 e. The molecule has 0 unspecified atom stereocenters. The molecule has 0 heterocycles. The van der Waals surface area contributed by atoms with E-state index in [1.807, 2.05) is 32.0 Å². The summed E-state index contributed by atoms with van der Waals surface area (Å²) in [6.07, 6.45) is 0.699. The van der Waals surface area contributed by atoms with Crippen molar-refractivity contribution < 1.29 is 14.3 Å². The quantitative estimate of drug-likeness (QED) is 0.464. The second kappa shape index (κ2) is 7.63. The predicted octanol–water partition coefficient (Wildman–Crippen LogP) is 1.92. The number of rotatable bonds is 7. The van der Waals surface area contributed by atoms with Crippen molar-refractivity contribution in [1.82, 2.24) is 0 Å². The van der Waals surface area contributed by atoms with Crippen LogP contribution in [0.25, 0.3) is 0 Å². The summed E-state index contributed by atoms with van der Waals surface area (Å²) in [7, 11) is 3.80. The molecule has 5 heteroatoms. The Morgan fingerprint density at radius 2 is 2.05 bits per heavy atom. The predicted molar refractivity (Wildman–Crippen MR) is 76.6 cm³/mol. The van der Waals surface area contributed by atoms with E-state index < -0.39 is 0 Å². The van der Waals surface area contributed by atoms with Gasteiger partial charge in [0.15, 0.2) is 0 Å². The number of carbonyl (C=O) groups excluding carboxylic acids is 1. The highest BCUT2D eigenvalue weighted by Crippen LogP contribution is 2.22. The number of carbonyl (C=O) groups is 1. The van der Waals surface area contributed by atoms with Crippen molar-refractivity contribution >= 4 is 17.3 Å². The summed E-state index contributed by atoms with van der Waals surface area (Å²) < 4.78 is 10.3. The summed E-state index contributed by atoms with van der Waals surface area (Å²) in [6.45, 7) is 3.57. The molecule has 1 aromatic rings. The molecule has 19 heavy (non-hydrogen) atoms. The number of benzene rings is 1. The number of nitrogen functional groups attached to an aromatic ring is 1. The molecule has 0 saturated heterocycles. The molecule has 0 amide bonds. The minimum absolute atomic E-state index is 0.353. The van der Waals surface area contributed by atoms with Gasteiger partial charge in [0.25, 0.3) is 0 Å². The van der Waals surface area contributed by atoms with E-state index in [0.29, 0.717) is 37.5 Å². The Balaban J connectivity index is 2.51. The molecule has 2 N–H and O–H groups in total. The van der Waals surface area contributed by atoms with Crippen LogP contribution >= 0.6 is 0 Å². The van der Waals surface area contributed by atoms with Gasteiger partial charge in [-0.2, -0.15) is 0 Å². The second-order valence-corrected chi connectivity index (χ2v) is 4.35. The zero-order valence-electron chi connectivity index (χ0n) is 11.8. The molecule has 1 aromatic carbocycles. The van der Waals surface area contributed by atoms with Crippen LogP contribution in [0.1, 0.15) is 23.7 Å². The lowest BCUT2D eigenvalue weighted by molar-refractivity contribution is 0.0452. The fourth-order valence-corrected chi connectivity index (χ4v) is 1.64. The zero-order valence-corrected chi connectivity index (χ0v) is 11.8. The largest absolute Gasteiger partial charge is 0.462 e. The van der Waals surface area contributed by atoms with Crippen molar-refractivity contribution in [2.75, 3.05) is 44.5 Å². The SMILES string of the molecule is CCOCCCOC(=O)c1ccc(N(C)C)c(N)c1. The van der Waals surface area contributed by atoms with Gasteiger partial charge >= 0.3 is 5.97 Å². The Morgan fingerprint density at radius 3 is 2.63 bits per heavy atom. The fourth-order valence-electron chi connectivity index (χ4n) is 1.64. The Morgan fingerprint density at radius 1 is 1.32 bits per heavy atom. The molecule has 106 valence electrons. The number of anilines is 2. The molecule has 0 spiro atoms. The third-order valence-corrected chi connectivity index (χ3v) is 2.62. The number of nitrogens with two attached hydrogens (primary N) is 1. The van der Waals surface area contributed by atoms with Crippen molar-refractivity contribution in [3.63, 3.8) is 0 Å². The van der Waals surface area contributed by atoms with Gasteiger partial charge in [0.1, 0.15) is 0 Å². The first-order valence-corrected chi connectivity index (χ1v) is 6.38. The summed E-state index contributed by atoms with van der Waals surface area (Å²) >= 11 is 0. The van der Waals surface area contributed by atoms with Crippen LogP contribution in [0.2, 0.25) is 0 Å². The molecule has 0 aliphatic heterocycles. The molecule has 0 saturated carbocycles. The van der Waals surface area contributed by atoms with E-state index in [0.717, 1.165) is 5.69 Å². The summed E-state index contributed by atoms with van der Waals surface area (Å²) in [4.78, 5) is 13.7. The third-order valence-electron chi connectivity index (χ3n) is 2.62. The summed E-state index contributed by atoms with van der Waals surface area (Å²) in [5.74, 6) is -0.353. The van der Waals surface area contributed by atoms with Crippen molar-refractivity contribution in [3.05, 3.63) is 23.8 Å². The molecular formula is C14H22N2O3. The van der Waals surface area contributed by atoms with Crippen molar-refractivity contribution in [2.45, 2.75) is 13.3 Å². The maximum atomic E-state index is 11.8. The van der Waals surface area contributed by atoms with Gasteiger partial charge in [-0.15, -0.1) is 0 Å². The first-order valence-electron chi connectivity index (χ1n) is 6.38. The minimum atomic E-state index is -0.353. The lowest BCUT2D eigenvalue weighted by Gasteiger charge is -2.15. The van der Waals surface area contributed by atoms with Crippen LogP contribution in [-0.2, 0) is 9.47 Å². The lowest BCUT2D eigenvalue weighted by atomic mass is 10.1. The van der Waals surface area contributed by atoms with Gasteiger partial charge in [-0.25, -0.2) is 4.79 Å². The van der Waals surface area contributed by atoms with Gasteiger partial charge in [0, 0.05) is 33.7 Å². The van der Waals surface area contributed by atoms with E-state index in [2.05, 4.69) is 0 Å². The molecular weight excluding hydrogens is 244 g/mol. The first kappa shape index (κ1) is 15.3. The van der Waals surface area contributed by atoms with Crippen molar-refractivity contribution in [1.29, 1.82) is 0 Å². The molecule has 0 aromatic heterocycles. The van der Waals surface area contributed by atoms with Gasteiger partial charge in [-0.1, -0.05) is 0 Å². The van der Waals surface area contributed by atoms with Crippen molar-refractivity contribution in [3.8, 4) is 0 Å². The van der Waals surface area contributed by atoms with E-state index in [9.17, 15) is 4.79 Å². The average molecular weight is 266 g/mol. The van der Waals surface area contributed by atoms with Crippen LogP contribution < -0.4 is 10.6 Å². The second-order valence-electron chi connectivity index (χ2n) is 4.35. The van der Waals surface area contributed by atoms with Gasteiger partial charge in [-0.3, -0.25) is 0 Å². The Hall–Kier alpha value is -1.75. The van der Waals surface area contributed by atoms with Crippen LogP contribution in [0.5, 0.6) is 0 Å². The third kappa shape index (κ3) is 4.79. The summed E-state index contributed by atoms with van der Waals surface area (Å²) in [5.41, 5.74) is 7.80. The van der Waals surface area contributed by atoms with E-state index in [1.54, 1.807) is 12.1 Å². The average Bonchev–Trinajstić information content (AvgIpc) is 2.37. The zero-order chi connectivity index (χ0) is 14.3. The van der Waals surface area contributed by atoms with Gasteiger partial charge in [0.2, 0.25) is 0 Å². The lowest BCUT2D eigenvalue weighted by Crippen LogP contribution is -2.13. The van der Waals surface area contributed by atoms with Crippen LogP contribution in [0.3, 0.4) is 0 Å². The highest BCUT2D eigenvalue weighted by molar-refractivity contribution is 5.92. The molecule has 0 bridgehead atoms. The maximum Gasteiger partial charge on any atom is 0.338 e. The molecule has 0 fully saturated rings. The standard InChI is InChI=1S/C14H22N2O3/c1-4-18-8-5-9-19-14(17)11-6-7-13(16(2)3)12(15)10-11/h6-7,10H,4-5,8-9,15H2,1-3H3. The Bertz CT molecular complexity index is 419. The summed E-state index contributed by atoms with van der Waals surface area (Å²) in [5, 5.41) is 0. The maximum absolute atomic E-state index is 11.8. The molecule has 5 nitrogen and oxygen atoms in total. The Kier molecular flexibility index (Phi) is 6.15. The number of esters is 1. The number of nitrogens with zero attached hydrogens (tertiary/aromatic N) is 1. The molecule has 0 radical (unpaired) electrons. The molecule has 1 rings (SSSR count). The molecule has 0 atom stereocenters. The van der Waals surface area contributed by atoms with Crippen molar-refractivity contribution in [2.24, 2.45) is 0 Å². The number of hydrogen-bond donors (Lipinski definition) is 1. The number of hydrogen-bond acceptors (Lipinski definition) is 5. The molecule has 0 aliphatic rings. The highest BCUT2D eigenvalue weighted by Gasteiger charge is 2.10. The van der Waals surface area contributed by atoms with Crippen LogP contribution in [0, 0.1) is 0 Å². The van der Waals surface area contributed by atoms with E-state index >= 15 is 0 Å². The molecule has 0 aliphatic carbocycles.